The molecule has 0 radical (unpaired) electrons. The Morgan fingerprint density at radius 2 is 1.75 bits per heavy atom. The van der Waals surface area contributed by atoms with E-state index in [-0.39, 0.29) is 11.4 Å². The predicted octanol–water partition coefficient (Wildman–Crippen LogP) is 1.79. The second-order valence-corrected chi connectivity index (χ2v) is 2.95. The molecule has 0 atom stereocenters. The first-order chi connectivity index (χ1) is 5.58. The number of hydrogen-bond acceptors (Lipinski definition) is 1. The molecule has 0 aliphatic heterocycles. The van der Waals surface area contributed by atoms with Crippen molar-refractivity contribution in [3.63, 3.8) is 0 Å². The van der Waals surface area contributed by atoms with Gasteiger partial charge in [0.1, 0.15) is 11.6 Å². The normalized spacial score (nSPS) is 9.83. The van der Waals surface area contributed by atoms with Gasteiger partial charge in [-0.05, 0) is 17.7 Å². The molecule has 0 saturated carbocycles. The molecule has 0 aromatic heterocycles. The summed E-state index contributed by atoms with van der Waals surface area (Å²) in [5.74, 6) is -1.22. The van der Waals surface area contributed by atoms with E-state index in [1.54, 1.807) is 0 Å². The summed E-state index contributed by atoms with van der Waals surface area (Å²) in [7, 11) is 0. The van der Waals surface area contributed by atoms with Gasteiger partial charge in [0.05, 0.1) is 4.99 Å². The van der Waals surface area contributed by atoms with Crippen LogP contribution in [-0.2, 0) is 6.42 Å². The minimum Gasteiger partial charge on any atom is -0.393 e. The molecule has 0 aliphatic carbocycles. The third-order valence-corrected chi connectivity index (χ3v) is 1.45. The zero-order chi connectivity index (χ0) is 9.14. The van der Waals surface area contributed by atoms with Crippen LogP contribution in [-0.4, -0.2) is 4.99 Å². The molecule has 0 heterocycles. The fourth-order valence-corrected chi connectivity index (χ4v) is 1.08. The summed E-state index contributed by atoms with van der Waals surface area (Å²) in [6.45, 7) is 0. The summed E-state index contributed by atoms with van der Waals surface area (Å²) in [4.78, 5) is 0.222. The molecule has 4 heteroatoms. The van der Waals surface area contributed by atoms with Crippen LogP contribution in [0.5, 0.6) is 0 Å². The van der Waals surface area contributed by atoms with E-state index in [4.69, 9.17) is 5.73 Å². The van der Waals surface area contributed by atoms with Crippen molar-refractivity contribution in [2.45, 2.75) is 6.42 Å². The smallest absolute Gasteiger partial charge is 0.126 e. The predicted molar refractivity (Wildman–Crippen MR) is 46.8 cm³/mol. The maximum Gasteiger partial charge on any atom is 0.126 e. The highest BCUT2D eigenvalue weighted by molar-refractivity contribution is 7.80. The molecule has 0 spiro atoms. The lowest BCUT2D eigenvalue weighted by Crippen LogP contribution is -2.11. The number of rotatable bonds is 2. The zero-order valence-corrected chi connectivity index (χ0v) is 7.00. The van der Waals surface area contributed by atoms with Crippen molar-refractivity contribution in [1.29, 1.82) is 0 Å². The molecule has 0 saturated heterocycles. The second-order valence-electron chi connectivity index (χ2n) is 2.42. The Labute approximate surface area is 74.2 Å². The van der Waals surface area contributed by atoms with Gasteiger partial charge in [-0.3, -0.25) is 0 Å². The number of thiocarbonyl (C=S) groups is 1. The van der Waals surface area contributed by atoms with Crippen LogP contribution in [0.2, 0.25) is 0 Å². The van der Waals surface area contributed by atoms with E-state index >= 15 is 0 Å². The first-order valence-corrected chi connectivity index (χ1v) is 3.72. The molecule has 0 aliphatic rings. The number of hydrogen-bond donors (Lipinski definition) is 1. The SMILES string of the molecule is NC(=S)Cc1cc(F)cc(F)c1. The average Bonchev–Trinajstić information content (AvgIpc) is 1.81. The van der Waals surface area contributed by atoms with Gasteiger partial charge in [0, 0.05) is 12.5 Å². The summed E-state index contributed by atoms with van der Waals surface area (Å²) in [6.07, 6.45) is 0.226. The Hall–Kier alpha value is -1.03. The second kappa shape index (κ2) is 3.58. The highest BCUT2D eigenvalue weighted by atomic mass is 32.1. The minimum atomic E-state index is -0.610. The van der Waals surface area contributed by atoms with Crippen molar-refractivity contribution in [2.75, 3.05) is 0 Å². The number of nitrogens with two attached hydrogens (primary N) is 1. The molecule has 12 heavy (non-hydrogen) atoms. The zero-order valence-electron chi connectivity index (χ0n) is 6.18. The molecule has 64 valence electrons. The van der Waals surface area contributed by atoms with E-state index in [2.05, 4.69) is 12.2 Å². The largest absolute Gasteiger partial charge is 0.393 e. The van der Waals surface area contributed by atoms with Crippen LogP contribution in [0.15, 0.2) is 18.2 Å². The van der Waals surface area contributed by atoms with Crippen LogP contribution in [0.1, 0.15) is 5.56 Å². The van der Waals surface area contributed by atoms with Gasteiger partial charge in [-0.2, -0.15) is 0 Å². The molecular formula is C8H7F2NS. The average molecular weight is 187 g/mol. The van der Waals surface area contributed by atoms with Crippen LogP contribution in [0.25, 0.3) is 0 Å². The first kappa shape index (κ1) is 9.06. The summed E-state index contributed by atoms with van der Waals surface area (Å²) >= 11 is 4.60. The van der Waals surface area contributed by atoms with Gasteiger partial charge in [-0.1, -0.05) is 12.2 Å². The summed E-state index contributed by atoms with van der Waals surface area (Å²) in [5.41, 5.74) is 5.67. The third kappa shape index (κ3) is 2.54. The molecule has 0 fully saturated rings. The number of benzene rings is 1. The van der Waals surface area contributed by atoms with E-state index in [1.807, 2.05) is 0 Å². The lowest BCUT2D eigenvalue weighted by atomic mass is 10.1. The molecule has 0 amide bonds. The van der Waals surface area contributed by atoms with E-state index in [0.717, 1.165) is 6.07 Å². The van der Waals surface area contributed by atoms with Crippen LogP contribution < -0.4 is 5.73 Å². The van der Waals surface area contributed by atoms with Crippen LogP contribution in [0.4, 0.5) is 8.78 Å². The molecule has 1 aromatic rings. The van der Waals surface area contributed by atoms with Gasteiger partial charge in [-0.25, -0.2) is 8.78 Å². The van der Waals surface area contributed by atoms with Crippen molar-refractivity contribution >= 4 is 17.2 Å². The molecule has 1 rings (SSSR count). The maximum absolute atomic E-state index is 12.6. The van der Waals surface area contributed by atoms with Crippen molar-refractivity contribution in [2.24, 2.45) is 5.73 Å². The Balaban J connectivity index is 2.93. The summed E-state index contributed by atoms with van der Waals surface area (Å²) < 4.78 is 25.1. The van der Waals surface area contributed by atoms with Gasteiger partial charge >= 0.3 is 0 Å². The van der Waals surface area contributed by atoms with E-state index < -0.39 is 11.6 Å². The van der Waals surface area contributed by atoms with Gasteiger partial charge in [0.15, 0.2) is 0 Å². The van der Waals surface area contributed by atoms with Crippen LogP contribution >= 0.6 is 12.2 Å². The van der Waals surface area contributed by atoms with Crippen LogP contribution in [0.3, 0.4) is 0 Å². The molecule has 1 aromatic carbocycles. The Bertz CT molecular complexity index is 292. The number of halogens is 2. The monoisotopic (exact) mass is 187 g/mol. The van der Waals surface area contributed by atoms with Gasteiger partial charge in [0.2, 0.25) is 0 Å². The first-order valence-electron chi connectivity index (χ1n) is 3.31. The fraction of sp³-hybridized carbons (Fsp3) is 0.125. The maximum atomic E-state index is 12.6. The van der Waals surface area contributed by atoms with E-state index in [9.17, 15) is 8.78 Å². The van der Waals surface area contributed by atoms with Crippen molar-refractivity contribution in [3.8, 4) is 0 Å². The minimum absolute atomic E-state index is 0.222. The highest BCUT2D eigenvalue weighted by Gasteiger charge is 2.00. The topological polar surface area (TPSA) is 26.0 Å². The summed E-state index contributed by atoms with van der Waals surface area (Å²) in [6, 6.07) is 3.23. The Morgan fingerprint density at radius 1 is 1.25 bits per heavy atom. The van der Waals surface area contributed by atoms with Crippen molar-refractivity contribution in [3.05, 3.63) is 35.4 Å². The molecule has 0 unspecified atom stereocenters. The Morgan fingerprint density at radius 3 is 2.17 bits per heavy atom. The van der Waals surface area contributed by atoms with Crippen molar-refractivity contribution < 1.29 is 8.78 Å². The van der Waals surface area contributed by atoms with Gasteiger partial charge in [-0.15, -0.1) is 0 Å². The quantitative estimate of drug-likeness (QED) is 0.714. The Kier molecular flexibility index (Phi) is 2.70. The molecule has 1 nitrogen and oxygen atoms in total. The lowest BCUT2D eigenvalue weighted by molar-refractivity contribution is 0.581. The molecule has 0 bridgehead atoms. The standard InChI is InChI=1S/C8H7F2NS/c9-6-1-5(3-8(11)12)2-7(10)4-6/h1-2,4H,3H2,(H2,11,12). The molecule has 2 N–H and O–H groups in total. The van der Waals surface area contributed by atoms with E-state index in [1.165, 1.54) is 12.1 Å². The third-order valence-electron chi connectivity index (χ3n) is 1.30. The highest BCUT2D eigenvalue weighted by Crippen LogP contribution is 2.08. The van der Waals surface area contributed by atoms with Gasteiger partial charge < -0.3 is 5.73 Å². The fourth-order valence-electron chi connectivity index (χ4n) is 0.914. The van der Waals surface area contributed by atoms with Gasteiger partial charge in [0.25, 0.3) is 0 Å². The van der Waals surface area contributed by atoms with Crippen LogP contribution in [0, 0.1) is 11.6 Å². The molecular weight excluding hydrogens is 180 g/mol. The van der Waals surface area contributed by atoms with Crippen molar-refractivity contribution in [1.82, 2.24) is 0 Å². The lowest BCUT2D eigenvalue weighted by Gasteiger charge is -1.99. The summed E-state index contributed by atoms with van der Waals surface area (Å²) in [5, 5.41) is 0. The van der Waals surface area contributed by atoms with E-state index in [0.29, 0.717) is 5.56 Å².